The summed E-state index contributed by atoms with van der Waals surface area (Å²) in [5.41, 5.74) is 3.68. The van der Waals surface area contributed by atoms with Gasteiger partial charge in [-0.05, 0) is 29.6 Å². The van der Waals surface area contributed by atoms with Crippen molar-refractivity contribution in [2.45, 2.75) is 0 Å². The molecular weight excluding hydrogens is 240 g/mol. The predicted molar refractivity (Wildman–Crippen MR) is 67.9 cm³/mol. The van der Waals surface area contributed by atoms with Crippen LogP contribution in [0, 0.1) is 0 Å². The molecule has 3 rings (SSSR count). The van der Waals surface area contributed by atoms with Gasteiger partial charge in [-0.2, -0.15) is 11.3 Å². The Hall–Kier alpha value is -1.45. The van der Waals surface area contributed by atoms with Crippen molar-refractivity contribution in [2.75, 3.05) is 0 Å². The molecule has 0 aliphatic rings. The van der Waals surface area contributed by atoms with Gasteiger partial charge in [0.2, 0.25) is 0 Å². The molecule has 16 heavy (non-hydrogen) atoms. The first-order valence-electron chi connectivity index (χ1n) is 4.78. The lowest BCUT2D eigenvalue weighted by Crippen LogP contribution is -1.87. The number of fused-ring (bicyclic) bond motifs is 1. The number of hydrogen-bond donors (Lipinski definition) is 0. The Morgan fingerprint density at radius 3 is 2.88 bits per heavy atom. The van der Waals surface area contributed by atoms with Gasteiger partial charge >= 0.3 is 0 Å². The summed E-state index contributed by atoms with van der Waals surface area (Å²) < 4.78 is 0. The Labute approximate surface area is 102 Å². The molecule has 2 aromatic heterocycles. The predicted octanol–water partition coefficient (Wildman–Crippen LogP) is 4.01. The molecule has 0 spiro atoms. The van der Waals surface area contributed by atoms with Crippen molar-refractivity contribution in [3.8, 4) is 11.3 Å². The first-order valence-corrected chi connectivity index (χ1v) is 6.10. The first-order chi connectivity index (χ1) is 7.83. The van der Waals surface area contributed by atoms with Crippen molar-refractivity contribution in [1.82, 2.24) is 9.97 Å². The van der Waals surface area contributed by atoms with Crippen LogP contribution in [0.4, 0.5) is 0 Å². The average Bonchev–Trinajstić information content (AvgIpc) is 2.81. The fraction of sp³-hybridized carbons (Fsp3) is 0. The van der Waals surface area contributed by atoms with E-state index < -0.39 is 0 Å². The van der Waals surface area contributed by atoms with Crippen molar-refractivity contribution in [1.29, 1.82) is 0 Å². The van der Waals surface area contributed by atoms with E-state index in [1.807, 2.05) is 29.6 Å². The van der Waals surface area contributed by atoms with Crippen LogP contribution >= 0.6 is 22.9 Å². The van der Waals surface area contributed by atoms with E-state index in [1.54, 1.807) is 17.5 Å². The molecule has 4 heteroatoms. The number of rotatable bonds is 1. The third-order valence-corrected chi connectivity index (χ3v) is 3.24. The third-order valence-electron chi connectivity index (χ3n) is 2.32. The van der Waals surface area contributed by atoms with Gasteiger partial charge < -0.3 is 0 Å². The number of aromatic nitrogens is 2. The lowest BCUT2D eigenvalue weighted by Gasteiger charge is -2.00. The minimum absolute atomic E-state index is 0.685. The van der Waals surface area contributed by atoms with Crippen LogP contribution in [0.3, 0.4) is 0 Å². The molecule has 2 heterocycles. The van der Waals surface area contributed by atoms with E-state index in [2.05, 4.69) is 15.3 Å². The van der Waals surface area contributed by atoms with Crippen molar-refractivity contribution in [3.05, 3.63) is 46.2 Å². The van der Waals surface area contributed by atoms with Crippen LogP contribution < -0.4 is 0 Å². The molecule has 2 nitrogen and oxygen atoms in total. The molecule has 0 radical (unpaired) electrons. The summed E-state index contributed by atoms with van der Waals surface area (Å²) in [4.78, 5) is 8.90. The average molecular weight is 247 g/mol. The highest BCUT2D eigenvalue weighted by atomic mass is 35.5. The molecule has 0 saturated carbocycles. The topological polar surface area (TPSA) is 25.8 Å². The van der Waals surface area contributed by atoms with E-state index in [0.29, 0.717) is 5.02 Å². The molecule has 78 valence electrons. The second-order valence-electron chi connectivity index (χ2n) is 3.40. The lowest BCUT2D eigenvalue weighted by atomic mass is 10.2. The van der Waals surface area contributed by atoms with Crippen LogP contribution in [0.1, 0.15) is 0 Å². The Bertz CT molecular complexity index is 635. The van der Waals surface area contributed by atoms with E-state index in [0.717, 1.165) is 22.3 Å². The summed E-state index contributed by atoms with van der Waals surface area (Å²) in [6, 6.07) is 7.57. The molecule has 0 atom stereocenters. The van der Waals surface area contributed by atoms with Crippen molar-refractivity contribution < 1.29 is 0 Å². The van der Waals surface area contributed by atoms with E-state index in [4.69, 9.17) is 11.6 Å². The maximum Gasteiger partial charge on any atom is 0.0909 e. The van der Waals surface area contributed by atoms with Gasteiger partial charge in [-0.3, -0.25) is 4.98 Å². The van der Waals surface area contributed by atoms with Gasteiger partial charge in [-0.15, -0.1) is 0 Å². The molecule has 0 amide bonds. The van der Waals surface area contributed by atoms with Crippen LogP contribution in [0.2, 0.25) is 5.02 Å². The lowest BCUT2D eigenvalue weighted by molar-refractivity contribution is 1.30. The second kappa shape index (κ2) is 3.85. The number of halogens is 1. The Balaban J connectivity index is 2.22. The van der Waals surface area contributed by atoms with Gasteiger partial charge in [0.25, 0.3) is 0 Å². The maximum absolute atomic E-state index is 5.93. The van der Waals surface area contributed by atoms with Crippen LogP contribution in [-0.4, -0.2) is 9.97 Å². The van der Waals surface area contributed by atoms with Gasteiger partial charge in [0, 0.05) is 16.0 Å². The standard InChI is InChI=1S/C12H7ClN2S/c13-9-1-2-10-11(5-9)15-12(6-14-10)8-3-4-16-7-8/h1-7H. The minimum atomic E-state index is 0.685. The van der Waals surface area contributed by atoms with Crippen molar-refractivity contribution >= 4 is 34.0 Å². The van der Waals surface area contributed by atoms with E-state index in [1.165, 1.54) is 0 Å². The Morgan fingerprint density at radius 1 is 1.12 bits per heavy atom. The number of benzene rings is 1. The number of hydrogen-bond acceptors (Lipinski definition) is 3. The zero-order chi connectivity index (χ0) is 11.0. The highest BCUT2D eigenvalue weighted by molar-refractivity contribution is 7.08. The normalized spacial score (nSPS) is 10.8. The Kier molecular flexibility index (Phi) is 2.35. The highest BCUT2D eigenvalue weighted by Crippen LogP contribution is 2.22. The monoisotopic (exact) mass is 246 g/mol. The molecule has 0 aliphatic carbocycles. The fourth-order valence-electron chi connectivity index (χ4n) is 1.53. The third kappa shape index (κ3) is 1.68. The largest absolute Gasteiger partial charge is 0.252 e. The maximum atomic E-state index is 5.93. The molecule has 0 aliphatic heterocycles. The van der Waals surface area contributed by atoms with Gasteiger partial charge in [0.1, 0.15) is 0 Å². The molecule has 0 N–H and O–H groups in total. The molecular formula is C12H7ClN2S. The smallest absolute Gasteiger partial charge is 0.0909 e. The van der Waals surface area contributed by atoms with Crippen LogP contribution in [-0.2, 0) is 0 Å². The summed E-state index contributed by atoms with van der Waals surface area (Å²) in [7, 11) is 0. The van der Waals surface area contributed by atoms with Gasteiger partial charge in [0.05, 0.1) is 22.9 Å². The minimum Gasteiger partial charge on any atom is -0.252 e. The molecule has 1 aromatic carbocycles. The van der Waals surface area contributed by atoms with E-state index >= 15 is 0 Å². The summed E-state index contributed by atoms with van der Waals surface area (Å²) in [6.45, 7) is 0. The fourth-order valence-corrected chi connectivity index (χ4v) is 2.35. The quantitative estimate of drug-likeness (QED) is 0.648. The van der Waals surface area contributed by atoms with Gasteiger partial charge in [0.15, 0.2) is 0 Å². The highest BCUT2D eigenvalue weighted by Gasteiger charge is 2.03. The summed E-state index contributed by atoms with van der Waals surface area (Å²) in [5, 5.41) is 4.77. The van der Waals surface area contributed by atoms with E-state index in [9.17, 15) is 0 Å². The summed E-state index contributed by atoms with van der Waals surface area (Å²) in [6.07, 6.45) is 1.79. The van der Waals surface area contributed by atoms with Gasteiger partial charge in [-0.25, -0.2) is 4.98 Å². The van der Waals surface area contributed by atoms with Crippen molar-refractivity contribution in [3.63, 3.8) is 0 Å². The van der Waals surface area contributed by atoms with Crippen LogP contribution in [0.5, 0.6) is 0 Å². The number of thiophene rings is 1. The molecule has 0 saturated heterocycles. The SMILES string of the molecule is Clc1ccc2ncc(-c3ccsc3)nc2c1. The molecule has 3 aromatic rings. The summed E-state index contributed by atoms with van der Waals surface area (Å²) >= 11 is 7.58. The van der Waals surface area contributed by atoms with E-state index in [-0.39, 0.29) is 0 Å². The van der Waals surface area contributed by atoms with Gasteiger partial charge in [-0.1, -0.05) is 11.6 Å². The molecule has 0 unspecified atom stereocenters. The summed E-state index contributed by atoms with van der Waals surface area (Å²) in [5.74, 6) is 0. The van der Waals surface area contributed by atoms with Crippen LogP contribution in [0.15, 0.2) is 41.2 Å². The zero-order valence-corrected chi connectivity index (χ0v) is 9.79. The molecule has 0 bridgehead atoms. The number of nitrogens with zero attached hydrogens (tertiary/aromatic N) is 2. The first kappa shape index (κ1) is 9.75. The Morgan fingerprint density at radius 2 is 2.06 bits per heavy atom. The van der Waals surface area contributed by atoms with Crippen LogP contribution in [0.25, 0.3) is 22.3 Å². The van der Waals surface area contributed by atoms with Crippen molar-refractivity contribution in [2.24, 2.45) is 0 Å². The molecule has 0 fully saturated rings. The zero-order valence-electron chi connectivity index (χ0n) is 8.22. The second-order valence-corrected chi connectivity index (χ2v) is 4.62.